The van der Waals surface area contributed by atoms with Crippen LogP contribution in [0.3, 0.4) is 0 Å². The summed E-state index contributed by atoms with van der Waals surface area (Å²) in [4.78, 5) is 31.3. The van der Waals surface area contributed by atoms with Gasteiger partial charge in [-0.1, -0.05) is 17.7 Å². The number of carboxylic acids is 1. The third kappa shape index (κ3) is 3.78. The van der Waals surface area contributed by atoms with Crippen LogP contribution in [-0.2, 0) is 33.8 Å². The maximum absolute atomic E-state index is 14.1. The van der Waals surface area contributed by atoms with Gasteiger partial charge in [-0.3, -0.25) is 9.59 Å². The monoisotopic (exact) mass is 511 g/mol. The normalized spacial score (nSPS) is 24.9. The highest BCUT2D eigenvalue weighted by Crippen LogP contribution is 2.58. The van der Waals surface area contributed by atoms with Crippen LogP contribution in [0.4, 0.5) is 4.39 Å². The van der Waals surface area contributed by atoms with E-state index in [1.807, 2.05) is 12.1 Å². The summed E-state index contributed by atoms with van der Waals surface area (Å²) in [5.74, 6) is -1.31. The zero-order valence-corrected chi connectivity index (χ0v) is 20.6. The van der Waals surface area contributed by atoms with Gasteiger partial charge in [0.15, 0.2) is 0 Å². The number of benzene rings is 1. The van der Waals surface area contributed by atoms with E-state index in [4.69, 9.17) is 16.3 Å². The van der Waals surface area contributed by atoms with Gasteiger partial charge >= 0.3 is 5.97 Å². The molecule has 2 aliphatic carbocycles. The molecule has 2 fully saturated rings. The minimum atomic E-state index is -0.748. The highest BCUT2D eigenvalue weighted by atomic mass is 35.5. The number of carbonyl (C=O) groups excluding carboxylic acids is 1. The molecule has 2 saturated carbocycles. The van der Waals surface area contributed by atoms with E-state index in [1.165, 1.54) is 6.07 Å². The topological polar surface area (TPSA) is 84.7 Å². The molecule has 9 heteroatoms. The number of ether oxygens (including phenoxy) is 1. The summed E-state index contributed by atoms with van der Waals surface area (Å²) >= 11 is 5.87. The van der Waals surface area contributed by atoms with Gasteiger partial charge in [0.05, 0.1) is 22.6 Å². The highest BCUT2D eigenvalue weighted by Gasteiger charge is 2.59. The van der Waals surface area contributed by atoms with E-state index in [0.717, 1.165) is 27.9 Å². The maximum Gasteiger partial charge on any atom is 0.309 e. The summed E-state index contributed by atoms with van der Waals surface area (Å²) in [6.45, 7) is 1.35. The molecule has 3 heterocycles. The van der Waals surface area contributed by atoms with Crippen LogP contribution in [-0.4, -0.2) is 50.2 Å². The summed E-state index contributed by atoms with van der Waals surface area (Å²) in [5, 5.41) is 10.8. The summed E-state index contributed by atoms with van der Waals surface area (Å²) in [6.07, 6.45) is 5.53. The van der Waals surface area contributed by atoms with Crippen molar-refractivity contribution >= 4 is 34.5 Å². The zero-order valence-electron chi connectivity index (χ0n) is 19.8. The number of hydrogen-bond donors (Lipinski definition) is 1. The number of fused-ring (bicyclic) bond motifs is 5. The number of hydrogen-bond acceptors (Lipinski definition) is 4. The lowest BCUT2D eigenvalue weighted by atomic mass is 9.84. The molecule has 188 valence electrons. The highest BCUT2D eigenvalue weighted by molar-refractivity contribution is 6.30. The Hall–Kier alpha value is -2.97. The molecule has 0 saturated heterocycles. The molecule has 6 rings (SSSR count). The number of aromatic nitrogens is 2. The third-order valence-corrected chi connectivity index (χ3v) is 8.73. The van der Waals surface area contributed by atoms with Crippen molar-refractivity contribution in [2.45, 2.75) is 57.2 Å². The molecule has 1 aromatic carbocycles. The Morgan fingerprint density at radius 1 is 1.19 bits per heavy atom. The largest absolute Gasteiger partial charge is 0.481 e. The van der Waals surface area contributed by atoms with Crippen LogP contribution < -0.4 is 0 Å². The van der Waals surface area contributed by atoms with Crippen LogP contribution in [0.5, 0.6) is 0 Å². The molecule has 3 aromatic rings. The Balaban J connectivity index is 1.22. The lowest BCUT2D eigenvalue weighted by molar-refractivity contribution is -0.148. The molecule has 1 aliphatic heterocycles. The molecule has 36 heavy (non-hydrogen) atoms. The van der Waals surface area contributed by atoms with Crippen molar-refractivity contribution in [2.24, 2.45) is 5.41 Å². The number of halogens is 2. The number of nitrogens with zero attached hydrogens (tertiary/aromatic N) is 3. The van der Waals surface area contributed by atoms with Crippen molar-refractivity contribution in [2.75, 3.05) is 13.2 Å². The fourth-order valence-electron chi connectivity index (χ4n) is 6.41. The number of rotatable bonds is 6. The molecular formula is C27H27ClFN3O4. The van der Waals surface area contributed by atoms with Gasteiger partial charge < -0.3 is 19.3 Å². The molecule has 0 radical (unpaired) electrons. The molecule has 3 aliphatic rings. The Labute approximate surface area is 212 Å². The number of aliphatic carboxylic acids is 1. The van der Waals surface area contributed by atoms with Crippen molar-refractivity contribution in [3.8, 4) is 0 Å². The molecule has 0 unspecified atom stereocenters. The van der Waals surface area contributed by atoms with Crippen LogP contribution in [0.15, 0.2) is 36.5 Å². The average molecular weight is 512 g/mol. The van der Waals surface area contributed by atoms with Gasteiger partial charge in [0.25, 0.3) is 0 Å². The first-order valence-electron chi connectivity index (χ1n) is 12.3. The van der Waals surface area contributed by atoms with E-state index in [9.17, 15) is 19.1 Å². The first-order valence-corrected chi connectivity index (χ1v) is 12.7. The minimum Gasteiger partial charge on any atom is -0.481 e. The fraction of sp³-hybridized carbons (Fsp3) is 0.444. The van der Waals surface area contributed by atoms with Crippen molar-refractivity contribution < 1.29 is 23.8 Å². The van der Waals surface area contributed by atoms with Crippen LogP contribution >= 0.6 is 11.6 Å². The quantitative estimate of drug-likeness (QED) is 0.524. The van der Waals surface area contributed by atoms with E-state index >= 15 is 0 Å². The molecule has 1 amide bonds. The van der Waals surface area contributed by atoms with E-state index in [-0.39, 0.29) is 17.5 Å². The first kappa shape index (κ1) is 23.4. The lowest BCUT2D eigenvalue weighted by Crippen LogP contribution is -2.41. The Morgan fingerprint density at radius 3 is 2.72 bits per heavy atom. The molecule has 1 N–H and O–H groups in total. The molecule has 0 atom stereocenters. The van der Waals surface area contributed by atoms with E-state index < -0.39 is 22.8 Å². The Morgan fingerprint density at radius 2 is 2.00 bits per heavy atom. The fourth-order valence-corrected chi connectivity index (χ4v) is 6.53. The van der Waals surface area contributed by atoms with Gasteiger partial charge in [-0.25, -0.2) is 9.37 Å². The van der Waals surface area contributed by atoms with Crippen LogP contribution in [0, 0.1) is 11.2 Å². The third-order valence-electron chi connectivity index (χ3n) is 8.43. The Kier molecular flexibility index (Phi) is 5.57. The Bertz CT molecular complexity index is 1380. The number of carboxylic acid groups (broad SMARTS) is 1. The summed E-state index contributed by atoms with van der Waals surface area (Å²) in [5.41, 5.74) is 2.55. The van der Waals surface area contributed by atoms with Crippen LogP contribution in [0.25, 0.3) is 11.0 Å². The van der Waals surface area contributed by atoms with Gasteiger partial charge in [-0.2, -0.15) is 0 Å². The molecule has 2 bridgehead atoms. The number of pyridine rings is 1. The van der Waals surface area contributed by atoms with Crippen molar-refractivity contribution in [1.82, 2.24) is 14.5 Å². The van der Waals surface area contributed by atoms with E-state index in [0.29, 0.717) is 58.2 Å². The van der Waals surface area contributed by atoms with Crippen molar-refractivity contribution in [3.05, 3.63) is 64.2 Å². The minimum absolute atomic E-state index is 0.0497. The standard InChI is InChI=1S/C27H27ClFN3O4/c28-20-4-3-17(12-21(20)29)13-32-22-14-31(11-5-18(22)19-2-1-10-30-24(19)32)23(33)15-36-27-8-6-26(16-27,7-9-27)25(34)35/h1-4,10,12H,5-9,11,13-16H2,(H,34,35). The second kappa shape index (κ2) is 8.56. The lowest BCUT2D eigenvalue weighted by Gasteiger charge is -2.31. The van der Waals surface area contributed by atoms with Gasteiger partial charge in [-0.15, -0.1) is 0 Å². The van der Waals surface area contributed by atoms with Crippen LogP contribution in [0.1, 0.15) is 48.9 Å². The average Bonchev–Trinajstić information content (AvgIpc) is 3.55. The molecular weight excluding hydrogens is 485 g/mol. The van der Waals surface area contributed by atoms with Gasteiger partial charge in [-0.05, 0) is 73.9 Å². The van der Waals surface area contributed by atoms with Crippen LogP contribution in [0.2, 0.25) is 5.02 Å². The predicted octanol–water partition coefficient (Wildman–Crippen LogP) is 4.57. The summed E-state index contributed by atoms with van der Waals surface area (Å²) in [6, 6.07) is 8.72. The SMILES string of the molecule is O=C(COC12CCC(C(=O)O)(CC1)C2)N1CCc2c(n(Cc3ccc(Cl)c(F)c3)c3ncccc23)C1. The summed E-state index contributed by atoms with van der Waals surface area (Å²) in [7, 11) is 0. The second-order valence-electron chi connectivity index (χ2n) is 10.4. The van der Waals surface area contributed by atoms with Gasteiger partial charge in [0.1, 0.15) is 18.1 Å². The predicted molar refractivity (Wildman–Crippen MR) is 131 cm³/mol. The molecule has 2 aromatic heterocycles. The second-order valence-corrected chi connectivity index (χ2v) is 10.8. The summed E-state index contributed by atoms with van der Waals surface area (Å²) < 4.78 is 22.3. The molecule has 7 nitrogen and oxygen atoms in total. The van der Waals surface area contributed by atoms with Gasteiger partial charge in [0, 0.05) is 30.4 Å². The number of carbonyl (C=O) groups is 2. The number of amides is 1. The zero-order chi connectivity index (χ0) is 25.1. The smallest absolute Gasteiger partial charge is 0.309 e. The van der Waals surface area contributed by atoms with Gasteiger partial charge in [0.2, 0.25) is 5.91 Å². The van der Waals surface area contributed by atoms with Crippen molar-refractivity contribution in [1.29, 1.82) is 0 Å². The molecule has 0 spiro atoms. The van der Waals surface area contributed by atoms with E-state index in [2.05, 4.69) is 9.55 Å². The maximum atomic E-state index is 14.1. The van der Waals surface area contributed by atoms with Crippen molar-refractivity contribution in [3.63, 3.8) is 0 Å². The first-order chi connectivity index (χ1) is 17.3. The van der Waals surface area contributed by atoms with E-state index in [1.54, 1.807) is 23.2 Å².